The molecule has 0 aliphatic rings. The summed E-state index contributed by atoms with van der Waals surface area (Å²) in [6, 6.07) is 0. The van der Waals surface area contributed by atoms with E-state index in [4.69, 9.17) is 0 Å². The molecular weight excluding hydrogens is 225 g/mol. The van der Waals surface area contributed by atoms with Gasteiger partial charge in [0.25, 0.3) is 0 Å². The minimum absolute atomic E-state index is 0. The first kappa shape index (κ1) is 28.3. The Morgan fingerprint density at radius 2 is 0.500 bits per heavy atom. The summed E-state index contributed by atoms with van der Waals surface area (Å²) in [5.41, 5.74) is 0. The first-order valence-corrected chi connectivity index (χ1v) is 0. The van der Waals surface area contributed by atoms with Gasteiger partial charge in [0.2, 0.25) is 0 Å². The van der Waals surface area contributed by atoms with Crippen LogP contribution in [0.4, 0.5) is 0 Å². The van der Waals surface area contributed by atoms with E-state index in [0.29, 0.717) is 0 Å². The summed E-state index contributed by atoms with van der Waals surface area (Å²) in [4.78, 5) is 0. The molecule has 0 aromatic carbocycles. The maximum absolute atomic E-state index is 0. The minimum atomic E-state index is 0. The SMILES string of the molecule is [AlH3].[AlH3].[AlH3].[Nd]. The van der Waals surface area contributed by atoms with Crippen molar-refractivity contribution in [3.63, 3.8) is 0 Å². The fourth-order valence-electron chi connectivity index (χ4n) is 0. The molecule has 4 heteroatoms. The summed E-state index contributed by atoms with van der Waals surface area (Å²) >= 11 is 0. The van der Waals surface area contributed by atoms with Crippen LogP contribution in [0.25, 0.3) is 0 Å². The Bertz CT molecular complexity index is 3.25. The van der Waals surface area contributed by atoms with Crippen molar-refractivity contribution in [1.82, 2.24) is 0 Å². The number of hydrogen-bond acceptors (Lipinski definition) is 0. The molecule has 0 aliphatic carbocycles. The molecule has 0 amide bonds. The molecule has 0 bridgehead atoms. The topological polar surface area (TPSA) is 0 Å². The first-order chi connectivity index (χ1) is 0. The predicted molar refractivity (Wildman–Crippen MR) is 29.8 cm³/mol. The van der Waals surface area contributed by atoms with Gasteiger partial charge in [-0.25, -0.2) is 0 Å². The monoisotopic (exact) mass is 232 g/mol. The van der Waals surface area contributed by atoms with Crippen LogP contribution in [0.5, 0.6) is 0 Å². The van der Waals surface area contributed by atoms with Gasteiger partial charge in [-0.1, -0.05) is 0 Å². The van der Waals surface area contributed by atoms with Gasteiger partial charge in [0.05, 0.1) is 0 Å². The second-order valence-corrected chi connectivity index (χ2v) is 0. The molecule has 0 unspecified atom stereocenters. The summed E-state index contributed by atoms with van der Waals surface area (Å²) in [5.74, 6) is 0. The summed E-state index contributed by atoms with van der Waals surface area (Å²) in [6.07, 6.45) is 0. The first-order valence-electron chi connectivity index (χ1n) is 0. The molecule has 0 aliphatic heterocycles. The Morgan fingerprint density at radius 3 is 0.500 bits per heavy atom. The van der Waals surface area contributed by atoms with Crippen LogP contribution in [0.1, 0.15) is 0 Å². The second-order valence-electron chi connectivity index (χ2n) is 0. The van der Waals surface area contributed by atoms with Gasteiger partial charge < -0.3 is 0 Å². The van der Waals surface area contributed by atoms with Crippen LogP contribution in [-0.4, -0.2) is 52.1 Å². The largest absolute Gasteiger partial charge is 0.187 e. The Morgan fingerprint density at radius 1 is 0.500 bits per heavy atom. The third-order valence-electron chi connectivity index (χ3n) is 0. The zero-order valence-electron chi connectivity index (χ0n) is 0.500. The standard InChI is InChI=1S/3Al.Nd.9H. The molecular formula is H9Al3Nd. The maximum Gasteiger partial charge on any atom is 0.187 e. The summed E-state index contributed by atoms with van der Waals surface area (Å²) < 4.78 is 0. The Hall–Kier alpha value is 2.95. The van der Waals surface area contributed by atoms with Gasteiger partial charge in [-0.2, -0.15) is 0 Å². The van der Waals surface area contributed by atoms with Gasteiger partial charge in [-0.3, -0.25) is 0 Å². The molecule has 0 spiro atoms. The predicted octanol–water partition coefficient (Wildman–Crippen LogP) is -3.55. The second kappa shape index (κ2) is 16.8. The van der Waals surface area contributed by atoms with Crippen molar-refractivity contribution >= 4 is 52.1 Å². The van der Waals surface area contributed by atoms with Gasteiger partial charge in [0.1, 0.15) is 0 Å². The van der Waals surface area contributed by atoms with Gasteiger partial charge in [0.15, 0.2) is 52.1 Å². The van der Waals surface area contributed by atoms with Gasteiger partial charge in [-0.15, -0.1) is 0 Å². The van der Waals surface area contributed by atoms with E-state index < -0.39 is 0 Å². The van der Waals surface area contributed by atoms with Crippen molar-refractivity contribution in [2.24, 2.45) is 0 Å². The third kappa shape index (κ3) is 8.87. The van der Waals surface area contributed by atoms with Gasteiger partial charge in [-0.05, 0) is 0 Å². The van der Waals surface area contributed by atoms with E-state index in [9.17, 15) is 0 Å². The van der Waals surface area contributed by atoms with Crippen molar-refractivity contribution in [2.45, 2.75) is 0 Å². The van der Waals surface area contributed by atoms with Crippen molar-refractivity contribution < 1.29 is 40.8 Å². The smallest absolute Gasteiger partial charge is 0 e. The Labute approximate surface area is 91.0 Å². The fourth-order valence-corrected chi connectivity index (χ4v) is 0. The van der Waals surface area contributed by atoms with Crippen LogP contribution < -0.4 is 0 Å². The molecule has 0 nitrogen and oxygen atoms in total. The van der Waals surface area contributed by atoms with Crippen LogP contribution in [0, 0.1) is 40.8 Å². The molecule has 0 heterocycles. The van der Waals surface area contributed by atoms with E-state index in [-0.39, 0.29) is 92.9 Å². The molecule has 0 aromatic heterocycles. The average Bonchev–Trinajstić information content (AvgIpc) is 0. The van der Waals surface area contributed by atoms with E-state index in [1.807, 2.05) is 0 Å². The molecule has 0 saturated heterocycles. The summed E-state index contributed by atoms with van der Waals surface area (Å²) in [5, 5.41) is 0. The van der Waals surface area contributed by atoms with E-state index >= 15 is 0 Å². The van der Waals surface area contributed by atoms with E-state index in [2.05, 4.69) is 0 Å². The zero-order valence-corrected chi connectivity index (χ0v) is 3.71. The third-order valence-corrected chi connectivity index (χ3v) is 0. The van der Waals surface area contributed by atoms with Crippen molar-refractivity contribution in [1.29, 1.82) is 0 Å². The Kier molecular flexibility index (Phi) is 118. The van der Waals surface area contributed by atoms with Gasteiger partial charge in [0, 0.05) is 40.8 Å². The molecule has 0 N–H and O–H groups in total. The summed E-state index contributed by atoms with van der Waals surface area (Å²) in [6.45, 7) is 0. The van der Waals surface area contributed by atoms with E-state index in [1.165, 1.54) is 0 Å². The molecule has 4 heavy (non-hydrogen) atoms. The van der Waals surface area contributed by atoms with Crippen LogP contribution in [-0.2, 0) is 0 Å². The molecule has 0 saturated carbocycles. The van der Waals surface area contributed by atoms with Crippen LogP contribution in [0.3, 0.4) is 0 Å². The van der Waals surface area contributed by atoms with Crippen LogP contribution in [0.15, 0.2) is 0 Å². The van der Waals surface area contributed by atoms with Crippen molar-refractivity contribution in [3.05, 3.63) is 0 Å². The average molecular weight is 234 g/mol. The normalized spacial score (nSPS) is 0. The molecule has 0 radical (unpaired) electrons. The zero-order chi connectivity index (χ0) is 0. The molecule has 0 atom stereocenters. The number of rotatable bonds is 0. The fraction of sp³-hybridized carbons (Fsp3) is 0. The van der Waals surface area contributed by atoms with Crippen molar-refractivity contribution in [2.75, 3.05) is 0 Å². The molecule has 22 valence electrons. The summed E-state index contributed by atoms with van der Waals surface area (Å²) in [7, 11) is 0. The van der Waals surface area contributed by atoms with Crippen molar-refractivity contribution in [3.8, 4) is 0 Å². The van der Waals surface area contributed by atoms with Crippen LogP contribution >= 0.6 is 0 Å². The van der Waals surface area contributed by atoms with E-state index in [1.54, 1.807) is 0 Å². The molecule has 0 rings (SSSR count). The maximum atomic E-state index is 0. The van der Waals surface area contributed by atoms with Gasteiger partial charge >= 0.3 is 0 Å². The minimum Gasteiger partial charge on any atom is 0 e. The molecule has 0 fully saturated rings. The molecule has 0 aromatic rings. The quantitative estimate of drug-likeness (QED) is 0.381. The Balaban J connectivity index is 0. The van der Waals surface area contributed by atoms with Crippen LogP contribution in [0.2, 0.25) is 0 Å². The number of hydrogen-bond donors (Lipinski definition) is 0. The van der Waals surface area contributed by atoms with E-state index in [0.717, 1.165) is 0 Å².